The first-order valence-corrected chi connectivity index (χ1v) is 13.7. The number of nitrogens with zero attached hydrogens (tertiary/aromatic N) is 2. The molecule has 3 rings (SSSR count). The molecule has 1 aromatic carbocycles. The maximum atomic E-state index is 13.4. The van der Waals surface area contributed by atoms with Crippen LogP contribution in [0.4, 0.5) is 5.69 Å². The van der Waals surface area contributed by atoms with Crippen LogP contribution in [0.3, 0.4) is 0 Å². The van der Waals surface area contributed by atoms with Gasteiger partial charge >= 0.3 is 0 Å². The molecule has 0 saturated heterocycles. The zero-order chi connectivity index (χ0) is 25.0. The molecule has 34 heavy (non-hydrogen) atoms. The van der Waals surface area contributed by atoms with Gasteiger partial charge in [0.15, 0.2) is 0 Å². The number of sulfonamides is 1. The molecule has 1 aliphatic carbocycles. The van der Waals surface area contributed by atoms with Gasteiger partial charge in [0.25, 0.3) is 5.91 Å². The molecule has 1 fully saturated rings. The molecular weight excluding hydrogens is 458 g/mol. The maximum Gasteiger partial charge on any atom is 0.257 e. The number of rotatable bonds is 4. The maximum absolute atomic E-state index is 13.4. The van der Waals surface area contributed by atoms with Crippen LogP contribution in [0.15, 0.2) is 18.2 Å². The van der Waals surface area contributed by atoms with Crippen molar-refractivity contribution in [1.82, 2.24) is 9.80 Å². The molecule has 0 bridgehead atoms. The van der Waals surface area contributed by atoms with E-state index >= 15 is 0 Å². The Labute approximate surface area is 202 Å². The summed E-state index contributed by atoms with van der Waals surface area (Å²) in [6.45, 7) is 5.01. The molecule has 1 aromatic rings. The molecule has 0 radical (unpaired) electrons. The molecular formula is C24H37N3O6S. The average molecular weight is 496 g/mol. The molecule has 10 heteroatoms. The Hall–Kier alpha value is -2.33. The van der Waals surface area contributed by atoms with Gasteiger partial charge in [0.05, 0.1) is 29.7 Å². The molecule has 190 valence electrons. The Kier molecular flexibility index (Phi) is 8.46. The Bertz CT molecular complexity index is 992. The monoisotopic (exact) mass is 495 g/mol. The second-order valence-corrected chi connectivity index (χ2v) is 11.4. The van der Waals surface area contributed by atoms with Crippen molar-refractivity contribution in [3.63, 3.8) is 0 Å². The van der Waals surface area contributed by atoms with E-state index in [1.807, 2.05) is 18.7 Å². The fraction of sp³-hybridized carbons (Fsp3) is 0.667. The van der Waals surface area contributed by atoms with Gasteiger partial charge < -0.3 is 19.3 Å². The van der Waals surface area contributed by atoms with Gasteiger partial charge in [-0.1, -0.05) is 19.8 Å². The summed E-state index contributed by atoms with van der Waals surface area (Å²) in [5.74, 6) is 0.207. The van der Waals surface area contributed by atoms with E-state index in [-0.39, 0.29) is 48.2 Å². The normalized spacial score (nSPS) is 25.2. The second-order valence-electron chi connectivity index (χ2n) is 9.65. The molecule has 3 atom stereocenters. The minimum Gasteiger partial charge on any atom is -0.491 e. The smallest absolute Gasteiger partial charge is 0.257 e. The summed E-state index contributed by atoms with van der Waals surface area (Å²) in [6.07, 6.45) is 4.77. The third kappa shape index (κ3) is 6.41. The van der Waals surface area contributed by atoms with E-state index < -0.39 is 10.0 Å². The SMILES string of the molecule is CO[C@H]1CN(C)C(=O)c2ccc(NS(C)(=O)=O)cc2OC[C@@H](C)N(C(=O)C2CCCC2)C[C@H]1C. The van der Waals surface area contributed by atoms with Crippen LogP contribution in [0.25, 0.3) is 0 Å². The minimum atomic E-state index is -3.50. The fourth-order valence-electron chi connectivity index (χ4n) is 4.76. The Morgan fingerprint density at radius 2 is 1.85 bits per heavy atom. The van der Waals surface area contributed by atoms with Gasteiger partial charge in [-0.25, -0.2) is 8.42 Å². The van der Waals surface area contributed by atoms with E-state index in [0.29, 0.717) is 24.3 Å². The van der Waals surface area contributed by atoms with Gasteiger partial charge in [0.1, 0.15) is 12.4 Å². The molecule has 1 N–H and O–H groups in total. The molecule has 0 aromatic heterocycles. The summed E-state index contributed by atoms with van der Waals surface area (Å²) in [7, 11) is -0.175. The van der Waals surface area contributed by atoms with Gasteiger partial charge in [0, 0.05) is 45.1 Å². The van der Waals surface area contributed by atoms with Gasteiger partial charge in [0.2, 0.25) is 15.9 Å². The van der Waals surface area contributed by atoms with Crippen molar-refractivity contribution in [3.05, 3.63) is 23.8 Å². The standard InChI is InChI=1S/C24H37N3O6S/c1-16-13-27(23(28)18-8-6-7-9-18)17(2)15-33-21-12-19(25-34(5,30)31)10-11-20(21)24(29)26(3)14-22(16)32-4/h10-12,16-18,22,25H,6-9,13-15H2,1-5H3/t16-,17-,22+/m1/s1. The molecule has 2 amide bonds. The number of hydrogen-bond donors (Lipinski definition) is 1. The lowest BCUT2D eigenvalue weighted by molar-refractivity contribution is -0.139. The van der Waals surface area contributed by atoms with Crippen LogP contribution in [0.2, 0.25) is 0 Å². The van der Waals surface area contributed by atoms with Gasteiger partial charge in [-0.15, -0.1) is 0 Å². The van der Waals surface area contributed by atoms with Crippen LogP contribution in [0, 0.1) is 11.8 Å². The highest BCUT2D eigenvalue weighted by Crippen LogP contribution is 2.30. The van der Waals surface area contributed by atoms with Crippen LogP contribution in [0.1, 0.15) is 49.9 Å². The number of hydrogen-bond acceptors (Lipinski definition) is 6. The number of likely N-dealkylation sites (N-methyl/N-ethyl adjacent to an activating group) is 1. The largest absolute Gasteiger partial charge is 0.491 e. The molecule has 1 heterocycles. The number of anilines is 1. The summed E-state index contributed by atoms with van der Waals surface area (Å²) in [4.78, 5) is 30.1. The molecule has 1 saturated carbocycles. The summed E-state index contributed by atoms with van der Waals surface area (Å²) in [5, 5.41) is 0. The summed E-state index contributed by atoms with van der Waals surface area (Å²) >= 11 is 0. The third-order valence-corrected chi connectivity index (χ3v) is 7.34. The lowest BCUT2D eigenvalue weighted by atomic mass is 9.99. The van der Waals surface area contributed by atoms with E-state index in [9.17, 15) is 18.0 Å². The van der Waals surface area contributed by atoms with Crippen molar-refractivity contribution in [1.29, 1.82) is 0 Å². The first-order valence-electron chi connectivity index (χ1n) is 11.8. The third-order valence-electron chi connectivity index (χ3n) is 6.74. The zero-order valence-corrected chi connectivity index (χ0v) is 21.6. The van der Waals surface area contributed by atoms with E-state index in [0.717, 1.165) is 31.9 Å². The molecule has 2 aliphatic rings. The average Bonchev–Trinajstić information content (AvgIpc) is 3.31. The van der Waals surface area contributed by atoms with E-state index in [4.69, 9.17) is 9.47 Å². The van der Waals surface area contributed by atoms with Crippen molar-refractivity contribution in [3.8, 4) is 5.75 Å². The van der Waals surface area contributed by atoms with Gasteiger partial charge in [-0.05, 0) is 31.9 Å². The molecule has 1 aliphatic heterocycles. The van der Waals surface area contributed by atoms with Crippen LogP contribution < -0.4 is 9.46 Å². The zero-order valence-electron chi connectivity index (χ0n) is 20.7. The predicted octanol–water partition coefficient (Wildman–Crippen LogP) is 2.58. The lowest BCUT2D eigenvalue weighted by Crippen LogP contribution is -2.50. The number of benzene rings is 1. The number of ether oxygens (including phenoxy) is 2. The van der Waals surface area contributed by atoms with Crippen molar-refractivity contribution in [2.75, 3.05) is 44.8 Å². The lowest BCUT2D eigenvalue weighted by Gasteiger charge is -2.37. The number of fused-ring (bicyclic) bond motifs is 1. The van der Waals surface area contributed by atoms with Crippen LogP contribution in [-0.2, 0) is 19.6 Å². The van der Waals surface area contributed by atoms with Crippen LogP contribution in [0.5, 0.6) is 5.75 Å². The highest BCUT2D eigenvalue weighted by atomic mass is 32.2. The van der Waals surface area contributed by atoms with Gasteiger partial charge in [-0.3, -0.25) is 14.3 Å². The van der Waals surface area contributed by atoms with E-state index in [1.54, 1.807) is 25.1 Å². The summed E-state index contributed by atoms with van der Waals surface area (Å²) in [5.41, 5.74) is 0.629. The number of carbonyl (C=O) groups excluding carboxylic acids is 2. The minimum absolute atomic E-state index is 0.00767. The summed E-state index contributed by atoms with van der Waals surface area (Å²) < 4.78 is 37.6. The van der Waals surface area contributed by atoms with Gasteiger partial charge in [-0.2, -0.15) is 0 Å². The topological polar surface area (TPSA) is 105 Å². The van der Waals surface area contributed by atoms with E-state index in [2.05, 4.69) is 4.72 Å². The van der Waals surface area contributed by atoms with Crippen LogP contribution in [-0.4, -0.2) is 82.3 Å². The van der Waals surface area contributed by atoms with Crippen LogP contribution >= 0.6 is 0 Å². The molecule has 0 spiro atoms. The van der Waals surface area contributed by atoms with E-state index in [1.165, 1.54) is 12.1 Å². The second kappa shape index (κ2) is 10.9. The molecule has 0 unspecified atom stereocenters. The highest BCUT2D eigenvalue weighted by Gasteiger charge is 2.34. The quantitative estimate of drug-likeness (QED) is 0.688. The number of amides is 2. The van der Waals surface area contributed by atoms with Crippen molar-refractivity contribution >= 4 is 27.5 Å². The van der Waals surface area contributed by atoms with Crippen molar-refractivity contribution < 1.29 is 27.5 Å². The number of methoxy groups -OCH3 is 1. The summed E-state index contributed by atoms with van der Waals surface area (Å²) in [6, 6.07) is 4.38. The Balaban J connectivity index is 1.97. The molecule has 9 nitrogen and oxygen atoms in total. The predicted molar refractivity (Wildman–Crippen MR) is 130 cm³/mol. The Morgan fingerprint density at radius 3 is 2.47 bits per heavy atom. The highest BCUT2D eigenvalue weighted by molar-refractivity contribution is 7.92. The first-order chi connectivity index (χ1) is 16.0. The fourth-order valence-corrected chi connectivity index (χ4v) is 5.32. The van der Waals surface area contributed by atoms with Crippen molar-refractivity contribution in [2.45, 2.75) is 51.7 Å². The van der Waals surface area contributed by atoms with Crippen molar-refractivity contribution in [2.24, 2.45) is 11.8 Å². The number of nitrogens with one attached hydrogen (secondary N) is 1. The first kappa shape index (κ1) is 26.3. The Morgan fingerprint density at radius 1 is 1.18 bits per heavy atom. The number of carbonyl (C=O) groups is 2.